The van der Waals surface area contributed by atoms with E-state index in [1.807, 2.05) is 36.5 Å². The number of fused-ring (bicyclic) bond motifs is 1. The third-order valence-electron chi connectivity index (χ3n) is 7.45. The maximum Gasteiger partial charge on any atom is 0.234 e. The number of nitrogens with zero attached hydrogens (tertiary/aromatic N) is 7. The largest absolute Gasteiger partial charge is 0.299 e. The van der Waals surface area contributed by atoms with Crippen LogP contribution >= 0.6 is 0 Å². The van der Waals surface area contributed by atoms with Gasteiger partial charge < -0.3 is 0 Å². The number of likely N-dealkylation sites (tertiary alicyclic amines) is 1. The van der Waals surface area contributed by atoms with Crippen LogP contribution in [0.4, 0.5) is 0 Å². The van der Waals surface area contributed by atoms with Crippen molar-refractivity contribution in [3.63, 3.8) is 0 Å². The highest BCUT2D eigenvalue weighted by Gasteiger charge is 2.24. The van der Waals surface area contributed by atoms with Crippen molar-refractivity contribution in [2.75, 3.05) is 13.1 Å². The molecule has 192 valence electrons. The molecule has 0 bridgehead atoms. The molecule has 1 N–H and O–H groups in total. The maximum absolute atomic E-state index is 4.89. The van der Waals surface area contributed by atoms with Crippen molar-refractivity contribution in [3.8, 4) is 34.0 Å². The average molecular weight is 513 g/mol. The van der Waals surface area contributed by atoms with Crippen LogP contribution in [0.25, 0.3) is 39.8 Å². The smallest absolute Gasteiger partial charge is 0.234 e. The minimum atomic E-state index is 0.373. The Hall–Kier alpha value is -4.69. The van der Waals surface area contributed by atoms with Gasteiger partial charge in [-0.15, -0.1) is 0 Å². The first kappa shape index (κ1) is 23.4. The van der Waals surface area contributed by atoms with Crippen molar-refractivity contribution in [1.82, 2.24) is 39.4 Å². The highest BCUT2D eigenvalue weighted by Crippen LogP contribution is 2.33. The summed E-state index contributed by atoms with van der Waals surface area (Å²) in [5.41, 5.74) is 6.35. The van der Waals surface area contributed by atoms with E-state index in [1.165, 1.54) is 5.56 Å². The number of H-pyrrole nitrogens is 1. The SMILES string of the molecule is c1ccc(-c2c(-c3ccc(CN4CCC(c5n[nH]c(-c6ccccn6)n5)CC4)cc3)nc3ncccn23)cc1. The van der Waals surface area contributed by atoms with Gasteiger partial charge in [0.05, 0.1) is 11.4 Å². The molecule has 7 rings (SSSR count). The standard InChI is InChI=1S/C31H28N8/c1-2-7-24(8-3-1)28-27(34-31-33-17-6-18-39(28)31)23-12-10-22(11-13-23)21-38-19-14-25(15-20-38)29-35-30(37-36-29)26-9-4-5-16-32-26/h1-13,16-18,25H,14-15,19-21H2,(H,35,36,37). The minimum Gasteiger partial charge on any atom is -0.299 e. The van der Waals surface area contributed by atoms with E-state index in [4.69, 9.17) is 9.97 Å². The number of benzene rings is 2. The van der Waals surface area contributed by atoms with Gasteiger partial charge in [-0.1, -0.05) is 60.7 Å². The average Bonchev–Trinajstić information content (AvgIpc) is 3.65. The summed E-state index contributed by atoms with van der Waals surface area (Å²) >= 11 is 0. The molecule has 39 heavy (non-hydrogen) atoms. The normalized spacial score (nSPS) is 14.7. The van der Waals surface area contributed by atoms with Crippen molar-refractivity contribution >= 4 is 5.78 Å². The Bertz CT molecular complexity index is 1680. The molecule has 6 aromatic rings. The van der Waals surface area contributed by atoms with Crippen LogP contribution in [-0.2, 0) is 6.54 Å². The van der Waals surface area contributed by atoms with Crippen LogP contribution < -0.4 is 0 Å². The first-order valence-electron chi connectivity index (χ1n) is 13.4. The maximum atomic E-state index is 4.89. The lowest BCUT2D eigenvalue weighted by Gasteiger charge is -2.30. The second kappa shape index (κ2) is 10.2. The number of aromatic nitrogens is 7. The number of nitrogens with one attached hydrogen (secondary N) is 1. The van der Waals surface area contributed by atoms with E-state index in [0.29, 0.717) is 11.7 Å². The second-order valence-electron chi connectivity index (χ2n) is 9.97. The number of rotatable bonds is 6. The van der Waals surface area contributed by atoms with Gasteiger partial charge in [0.2, 0.25) is 5.78 Å². The molecule has 0 unspecified atom stereocenters. The number of aromatic amines is 1. The monoisotopic (exact) mass is 512 g/mol. The molecule has 0 saturated carbocycles. The Morgan fingerprint density at radius 3 is 2.36 bits per heavy atom. The Morgan fingerprint density at radius 2 is 1.56 bits per heavy atom. The van der Waals surface area contributed by atoms with Crippen LogP contribution in [0.3, 0.4) is 0 Å². The van der Waals surface area contributed by atoms with Crippen molar-refractivity contribution in [1.29, 1.82) is 0 Å². The van der Waals surface area contributed by atoms with Crippen molar-refractivity contribution in [3.05, 3.63) is 109 Å². The summed E-state index contributed by atoms with van der Waals surface area (Å²) in [6.45, 7) is 2.98. The Morgan fingerprint density at radius 1 is 0.769 bits per heavy atom. The van der Waals surface area contributed by atoms with Crippen LogP contribution in [0.2, 0.25) is 0 Å². The van der Waals surface area contributed by atoms with Gasteiger partial charge >= 0.3 is 0 Å². The molecule has 0 atom stereocenters. The number of hydrogen-bond donors (Lipinski definition) is 1. The fraction of sp³-hybridized carbons (Fsp3) is 0.194. The van der Waals surface area contributed by atoms with Crippen LogP contribution in [0.5, 0.6) is 0 Å². The van der Waals surface area contributed by atoms with Gasteiger partial charge in [-0.2, -0.15) is 5.10 Å². The number of piperidine rings is 1. The summed E-state index contributed by atoms with van der Waals surface area (Å²) in [6, 6.07) is 27.0. The molecule has 0 spiro atoms. The molecule has 1 fully saturated rings. The molecule has 4 aromatic heterocycles. The summed E-state index contributed by atoms with van der Waals surface area (Å²) in [7, 11) is 0. The third-order valence-corrected chi connectivity index (χ3v) is 7.45. The van der Waals surface area contributed by atoms with Crippen molar-refractivity contribution < 1.29 is 0 Å². The van der Waals surface area contributed by atoms with E-state index in [9.17, 15) is 0 Å². The number of hydrogen-bond acceptors (Lipinski definition) is 6. The lowest BCUT2D eigenvalue weighted by atomic mass is 9.95. The molecule has 0 amide bonds. The minimum absolute atomic E-state index is 0.373. The summed E-state index contributed by atoms with van der Waals surface area (Å²) in [5, 5.41) is 7.57. The lowest BCUT2D eigenvalue weighted by Crippen LogP contribution is -2.32. The fourth-order valence-corrected chi connectivity index (χ4v) is 5.41. The van der Waals surface area contributed by atoms with Gasteiger partial charge in [0.1, 0.15) is 5.69 Å². The van der Waals surface area contributed by atoms with Gasteiger partial charge in [0.15, 0.2) is 11.6 Å². The zero-order chi connectivity index (χ0) is 26.0. The first-order chi connectivity index (χ1) is 19.3. The summed E-state index contributed by atoms with van der Waals surface area (Å²) in [6.07, 6.45) is 7.68. The van der Waals surface area contributed by atoms with Crippen molar-refractivity contribution in [2.45, 2.75) is 25.3 Å². The third kappa shape index (κ3) is 4.70. The Labute approximate surface area is 226 Å². The van der Waals surface area contributed by atoms with E-state index in [1.54, 1.807) is 12.4 Å². The van der Waals surface area contributed by atoms with Gasteiger partial charge in [-0.05, 0) is 49.7 Å². The number of imidazole rings is 1. The van der Waals surface area contributed by atoms with E-state index in [2.05, 4.69) is 78.0 Å². The topological polar surface area (TPSA) is 87.9 Å². The molecule has 1 aliphatic rings. The van der Waals surface area contributed by atoms with E-state index >= 15 is 0 Å². The zero-order valence-corrected chi connectivity index (χ0v) is 21.5. The molecule has 8 heteroatoms. The van der Waals surface area contributed by atoms with Crippen LogP contribution in [0.1, 0.15) is 30.1 Å². The Balaban J connectivity index is 1.04. The van der Waals surface area contributed by atoms with Gasteiger partial charge in [-0.3, -0.25) is 19.4 Å². The molecule has 1 aliphatic heterocycles. The lowest BCUT2D eigenvalue weighted by molar-refractivity contribution is 0.202. The van der Waals surface area contributed by atoms with Gasteiger partial charge in [0, 0.05) is 42.2 Å². The first-order valence-corrected chi connectivity index (χ1v) is 13.4. The predicted molar refractivity (Wildman–Crippen MR) is 151 cm³/mol. The number of pyridine rings is 1. The second-order valence-corrected chi connectivity index (χ2v) is 9.97. The quantitative estimate of drug-likeness (QED) is 0.312. The summed E-state index contributed by atoms with van der Waals surface area (Å²) < 4.78 is 2.07. The van der Waals surface area contributed by atoms with E-state index in [-0.39, 0.29) is 0 Å². The van der Waals surface area contributed by atoms with Crippen molar-refractivity contribution in [2.24, 2.45) is 0 Å². The van der Waals surface area contributed by atoms with Crippen LogP contribution in [-0.4, -0.2) is 52.5 Å². The molecular formula is C31H28N8. The highest BCUT2D eigenvalue weighted by atomic mass is 15.2. The molecular weight excluding hydrogens is 484 g/mol. The molecule has 8 nitrogen and oxygen atoms in total. The molecule has 1 saturated heterocycles. The van der Waals surface area contributed by atoms with Gasteiger partial charge in [0.25, 0.3) is 0 Å². The summed E-state index contributed by atoms with van der Waals surface area (Å²) in [4.78, 5) is 21.0. The molecule has 2 aromatic carbocycles. The molecule has 5 heterocycles. The predicted octanol–water partition coefficient (Wildman–Crippen LogP) is 5.62. The molecule has 0 radical (unpaired) electrons. The van der Waals surface area contributed by atoms with E-state index < -0.39 is 0 Å². The summed E-state index contributed by atoms with van der Waals surface area (Å²) in [5.74, 6) is 2.72. The highest BCUT2D eigenvalue weighted by molar-refractivity contribution is 5.81. The molecule has 0 aliphatic carbocycles. The van der Waals surface area contributed by atoms with Crippen LogP contribution in [0.15, 0.2) is 97.5 Å². The zero-order valence-electron chi connectivity index (χ0n) is 21.5. The fourth-order valence-electron chi connectivity index (χ4n) is 5.41. The van der Waals surface area contributed by atoms with Crippen LogP contribution in [0, 0.1) is 0 Å². The van der Waals surface area contributed by atoms with Gasteiger partial charge in [-0.25, -0.2) is 15.0 Å². The Kier molecular flexibility index (Phi) is 6.14. The van der Waals surface area contributed by atoms with E-state index in [0.717, 1.165) is 72.3 Å².